The molecule has 0 aliphatic carbocycles. The van der Waals surface area contributed by atoms with Gasteiger partial charge in [-0.05, 0) is 110 Å². The fourth-order valence-electron chi connectivity index (χ4n) is 8.96. The lowest BCUT2D eigenvalue weighted by Gasteiger charge is -2.35. The number of hydrogen-bond donors (Lipinski definition) is 4. The summed E-state index contributed by atoms with van der Waals surface area (Å²) in [5.74, 6) is 7.75. The molecule has 4 aromatic rings. The number of phenolic OH excluding ortho intramolecular Hbond substituents is 2. The van der Waals surface area contributed by atoms with Gasteiger partial charge in [0.05, 0.1) is 24.9 Å². The molecule has 4 saturated heterocycles. The number of nitrogens with zero attached hydrogens (tertiary/aromatic N) is 8. The zero-order chi connectivity index (χ0) is 47.5. The quantitative estimate of drug-likeness (QED) is 0.110. The van der Waals surface area contributed by atoms with Crippen LogP contribution in [-0.4, -0.2) is 147 Å². The SMILES string of the molecule is CC(C)c1cc(NC(=O)[C@@H]2CCN(CC(=O)N3CCC(C#Cc4ncccn4)CC3)C2)ccc1O.CC(C)c1cc(NC(=O)[C@@H]2CCN(CC(=O)N3CCN(c4nccs4)CC3)C2)ccc1O. The topological polar surface area (TPSA) is 188 Å². The molecule has 0 unspecified atom stereocenters. The van der Waals surface area contributed by atoms with Crippen molar-refractivity contribution >= 4 is 51.5 Å². The van der Waals surface area contributed by atoms with Crippen LogP contribution in [0.15, 0.2) is 66.4 Å². The highest BCUT2D eigenvalue weighted by Crippen LogP contribution is 2.31. The van der Waals surface area contributed by atoms with Crippen LogP contribution in [-0.2, 0) is 19.2 Å². The van der Waals surface area contributed by atoms with E-state index in [1.54, 1.807) is 54.1 Å². The third-order valence-electron chi connectivity index (χ3n) is 13.0. The van der Waals surface area contributed by atoms with Crippen LogP contribution >= 0.6 is 11.3 Å². The molecule has 2 atom stereocenters. The number of carbonyl (C=O) groups is 4. The molecule has 8 rings (SSSR count). The summed E-state index contributed by atoms with van der Waals surface area (Å²) in [4.78, 5) is 74.0. The van der Waals surface area contributed by atoms with E-state index in [1.807, 2.05) is 61.2 Å². The number of carbonyl (C=O) groups excluding carboxylic acids is 4. The number of rotatable bonds is 11. The molecule has 4 aliphatic heterocycles. The van der Waals surface area contributed by atoms with Crippen LogP contribution in [0.3, 0.4) is 0 Å². The lowest BCUT2D eigenvalue weighted by atomic mass is 9.97. The second kappa shape index (κ2) is 23.1. The second-order valence-corrected chi connectivity index (χ2v) is 19.3. The van der Waals surface area contributed by atoms with Crippen LogP contribution in [0.5, 0.6) is 11.5 Å². The third-order valence-corrected chi connectivity index (χ3v) is 13.8. The third kappa shape index (κ3) is 13.5. The van der Waals surface area contributed by atoms with Crippen molar-refractivity contribution in [2.45, 2.75) is 65.2 Å². The van der Waals surface area contributed by atoms with E-state index in [1.165, 1.54) is 0 Å². The molecule has 4 fully saturated rings. The average Bonchev–Trinajstić information content (AvgIpc) is 4.14. The molecular weight excluding hydrogens is 869 g/mol. The van der Waals surface area contributed by atoms with Gasteiger partial charge in [0.25, 0.3) is 0 Å². The van der Waals surface area contributed by atoms with Gasteiger partial charge in [-0.2, -0.15) is 0 Å². The number of nitrogens with one attached hydrogen (secondary N) is 2. The standard InChI is InChI=1S/C27H33N5O3.C23H31N5O3S/c1-19(2)23-16-22(5-6-24(23)33)30-27(35)21-10-13-31(17-21)18-26(34)32-14-8-20(9-15-32)4-7-25-28-11-3-12-29-25;1-16(2)19-13-18(3-4-20(19)29)25-22(31)17-5-7-26(14-17)15-21(30)27-8-10-28(11-9-27)23-24-6-12-32-23/h3,5-6,11-12,16,19-21,33H,8-10,13-15,17-18H2,1-2H3,(H,30,35);3-4,6,12-13,16-17,29H,5,7-11,14-15H2,1-2H3,(H,25,31)/t21-;17-/m11/s1. The van der Waals surface area contributed by atoms with Crippen molar-refractivity contribution in [2.24, 2.45) is 17.8 Å². The summed E-state index contributed by atoms with van der Waals surface area (Å²) in [7, 11) is 0. The number of aromatic nitrogens is 3. The van der Waals surface area contributed by atoms with Crippen LogP contribution in [0.25, 0.3) is 0 Å². The van der Waals surface area contributed by atoms with E-state index in [4.69, 9.17) is 0 Å². The van der Waals surface area contributed by atoms with Gasteiger partial charge in [0, 0.05) is 93.6 Å². The molecule has 4 aliphatic rings. The summed E-state index contributed by atoms with van der Waals surface area (Å²) in [5.41, 5.74) is 3.01. The molecule has 67 heavy (non-hydrogen) atoms. The summed E-state index contributed by atoms with van der Waals surface area (Å²) >= 11 is 1.62. The first-order valence-corrected chi connectivity index (χ1v) is 24.4. The van der Waals surface area contributed by atoms with Crippen LogP contribution < -0.4 is 15.5 Å². The largest absolute Gasteiger partial charge is 0.508 e. The van der Waals surface area contributed by atoms with Gasteiger partial charge in [-0.25, -0.2) is 15.0 Å². The first kappa shape index (κ1) is 48.8. The maximum absolute atomic E-state index is 12.8. The van der Waals surface area contributed by atoms with E-state index >= 15 is 0 Å². The minimum atomic E-state index is -0.152. The van der Waals surface area contributed by atoms with E-state index in [2.05, 4.69) is 52.1 Å². The number of piperazine rings is 1. The molecule has 0 spiro atoms. The molecule has 356 valence electrons. The predicted molar refractivity (Wildman–Crippen MR) is 260 cm³/mol. The maximum Gasteiger partial charge on any atom is 0.236 e. The van der Waals surface area contributed by atoms with Crippen LogP contribution in [0.1, 0.15) is 82.2 Å². The van der Waals surface area contributed by atoms with Gasteiger partial charge in [0.2, 0.25) is 29.5 Å². The minimum absolute atomic E-state index is 0.0302. The number of piperidine rings is 1. The van der Waals surface area contributed by atoms with Crippen molar-refractivity contribution in [3.05, 3.63) is 83.4 Å². The monoisotopic (exact) mass is 932 g/mol. The van der Waals surface area contributed by atoms with Gasteiger partial charge in [-0.15, -0.1) is 11.3 Å². The highest BCUT2D eigenvalue weighted by Gasteiger charge is 2.33. The molecule has 0 bridgehead atoms. The first-order chi connectivity index (χ1) is 32.3. The summed E-state index contributed by atoms with van der Waals surface area (Å²) in [6.07, 6.45) is 8.34. The minimum Gasteiger partial charge on any atom is -0.508 e. The number of hydrogen-bond acceptors (Lipinski definition) is 13. The number of thiazole rings is 1. The zero-order valence-electron chi connectivity index (χ0n) is 39.1. The van der Waals surface area contributed by atoms with Crippen molar-refractivity contribution in [3.63, 3.8) is 0 Å². The van der Waals surface area contributed by atoms with Crippen molar-refractivity contribution < 1.29 is 29.4 Å². The fourth-order valence-corrected chi connectivity index (χ4v) is 9.66. The first-order valence-electron chi connectivity index (χ1n) is 23.5. The molecule has 0 radical (unpaired) electrons. The molecule has 2 aromatic carbocycles. The summed E-state index contributed by atoms with van der Waals surface area (Å²) in [6, 6.07) is 12.1. The summed E-state index contributed by atoms with van der Waals surface area (Å²) in [5, 5.41) is 28.9. The number of amides is 4. The van der Waals surface area contributed by atoms with E-state index < -0.39 is 0 Å². The fraction of sp³-hybridized carbons (Fsp3) is 0.500. The van der Waals surface area contributed by atoms with Gasteiger partial charge < -0.3 is 35.5 Å². The second-order valence-electron chi connectivity index (χ2n) is 18.5. The number of phenols is 2. The Morgan fingerprint density at radius 1 is 0.672 bits per heavy atom. The highest BCUT2D eigenvalue weighted by atomic mass is 32.1. The Morgan fingerprint density at radius 3 is 1.66 bits per heavy atom. The van der Waals surface area contributed by atoms with Crippen LogP contribution in [0.4, 0.5) is 16.5 Å². The van der Waals surface area contributed by atoms with Gasteiger partial charge in [0.1, 0.15) is 11.5 Å². The predicted octanol–water partition coefficient (Wildman–Crippen LogP) is 5.44. The molecule has 17 heteroatoms. The van der Waals surface area contributed by atoms with Gasteiger partial charge in [-0.3, -0.25) is 29.0 Å². The lowest BCUT2D eigenvalue weighted by Crippen LogP contribution is -2.51. The Balaban J connectivity index is 0.000000200. The van der Waals surface area contributed by atoms with Gasteiger partial charge in [0.15, 0.2) is 5.13 Å². The smallest absolute Gasteiger partial charge is 0.236 e. The highest BCUT2D eigenvalue weighted by molar-refractivity contribution is 7.13. The van der Waals surface area contributed by atoms with E-state index in [-0.39, 0.29) is 64.7 Å². The number of anilines is 3. The Bertz CT molecular complexity index is 2370. The van der Waals surface area contributed by atoms with Crippen molar-refractivity contribution in [1.29, 1.82) is 0 Å². The Labute approximate surface area is 397 Å². The van der Waals surface area contributed by atoms with E-state index in [0.29, 0.717) is 69.6 Å². The Morgan fingerprint density at radius 2 is 1.18 bits per heavy atom. The van der Waals surface area contributed by atoms with Gasteiger partial charge in [-0.1, -0.05) is 33.6 Å². The van der Waals surface area contributed by atoms with E-state index in [0.717, 1.165) is 68.1 Å². The lowest BCUT2D eigenvalue weighted by molar-refractivity contribution is -0.134. The van der Waals surface area contributed by atoms with Gasteiger partial charge >= 0.3 is 0 Å². The van der Waals surface area contributed by atoms with Crippen molar-refractivity contribution in [1.82, 2.24) is 34.6 Å². The summed E-state index contributed by atoms with van der Waals surface area (Å²) < 4.78 is 0. The van der Waals surface area contributed by atoms with Crippen LogP contribution in [0, 0.1) is 29.6 Å². The maximum atomic E-state index is 12.8. The average molecular weight is 933 g/mol. The number of benzene rings is 2. The Kier molecular flexibility index (Phi) is 16.8. The molecule has 6 heterocycles. The Hall–Kier alpha value is -6.09. The molecule has 16 nitrogen and oxygen atoms in total. The number of aromatic hydroxyl groups is 2. The molecule has 4 N–H and O–H groups in total. The molecule has 2 aromatic heterocycles. The number of likely N-dealkylation sites (tertiary alicyclic amines) is 3. The van der Waals surface area contributed by atoms with E-state index in [9.17, 15) is 29.4 Å². The molecular formula is C50H64N10O6S. The van der Waals surface area contributed by atoms with Crippen molar-refractivity contribution in [2.75, 3.05) is 94.1 Å². The van der Waals surface area contributed by atoms with Crippen molar-refractivity contribution in [3.8, 4) is 23.3 Å². The molecule has 0 saturated carbocycles. The zero-order valence-corrected chi connectivity index (χ0v) is 39.9. The summed E-state index contributed by atoms with van der Waals surface area (Å²) in [6.45, 7) is 15.8. The molecule has 4 amide bonds. The van der Waals surface area contributed by atoms with Crippen LogP contribution in [0.2, 0.25) is 0 Å². The normalized spacial score (nSPS) is 19.2.